The summed E-state index contributed by atoms with van der Waals surface area (Å²) >= 11 is 5.38. The molecule has 0 saturated heterocycles. The fourth-order valence-corrected chi connectivity index (χ4v) is 1.16. The second-order valence-electron chi connectivity index (χ2n) is 2.32. The molecule has 2 N–H and O–H groups in total. The number of hydrogen-bond donors (Lipinski definition) is 1. The van der Waals surface area contributed by atoms with Crippen molar-refractivity contribution in [1.82, 2.24) is 4.98 Å². The van der Waals surface area contributed by atoms with E-state index < -0.39 is 27.8 Å². The molecule has 0 saturated carbocycles. The maximum atomic E-state index is 12.3. The van der Waals surface area contributed by atoms with E-state index in [1.54, 1.807) is 0 Å². The predicted octanol–water partition coefficient (Wildman–Crippen LogP) is 2.16. The fraction of sp³-hybridized carbons (Fsp3) is 0.167. The van der Waals surface area contributed by atoms with Crippen LogP contribution in [0.3, 0.4) is 0 Å². The Morgan fingerprint density at radius 3 is 2.64 bits per heavy atom. The van der Waals surface area contributed by atoms with Crippen LogP contribution in [-0.2, 0) is 0 Å². The van der Waals surface area contributed by atoms with Gasteiger partial charge in [-0.3, -0.25) is 10.1 Å². The molecule has 5 nitrogen and oxygen atoms in total. The normalized spacial score (nSPS) is 10.6. The highest BCUT2D eigenvalue weighted by Crippen LogP contribution is 2.34. The lowest BCUT2D eigenvalue weighted by Crippen LogP contribution is -2.03. The van der Waals surface area contributed by atoms with Gasteiger partial charge < -0.3 is 5.73 Å². The zero-order valence-corrected chi connectivity index (χ0v) is 7.33. The Kier molecular flexibility index (Phi) is 2.80. The lowest BCUT2D eigenvalue weighted by atomic mass is 10.3. The molecule has 0 fully saturated rings. The van der Waals surface area contributed by atoms with Gasteiger partial charge in [0.25, 0.3) is 6.43 Å². The number of nitro groups is 1. The van der Waals surface area contributed by atoms with Gasteiger partial charge in [0.1, 0.15) is 10.8 Å². The van der Waals surface area contributed by atoms with Crippen molar-refractivity contribution >= 4 is 23.1 Å². The van der Waals surface area contributed by atoms with Gasteiger partial charge in [-0.05, 0) is 0 Å². The van der Waals surface area contributed by atoms with Gasteiger partial charge in [0, 0.05) is 6.07 Å². The first kappa shape index (κ1) is 10.6. The summed E-state index contributed by atoms with van der Waals surface area (Å²) in [6.07, 6.45) is -3.09. The summed E-state index contributed by atoms with van der Waals surface area (Å²) in [7, 11) is 0. The third-order valence-electron chi connectivity index (χ3n) is 1.38. The highest BCUT2D eigenvalue weighted by atomic mass is 35.5. The van der Waals surface area contributed by atoms with Crippen molar-refractivity contribution < 1.29 is 13.7 Å². The van der Waals surface area contributed by atoms with E-state index in [9.17, 15) is 18.9 Å². The maximum absolute atomic E-state index is 12.3. The molecular formula is C6H4ClF2N3O2. The van der Waals surface area contributed by atoms with Crippen molar-refractivity contribution in [2.24, 2.45) is 0 Å². The van der Waals surface area contributed by atoms with Gasteiger partial charge in [-0.15, -0.1) is 0 Å². The van der Waals surface area contributed by atoms with Crippen molar-refractivity contribution in [2.45, 2.75) is 6.43 Å². The van der Waals surface area contributed by atoms with Gasteiger partial charge >= 0.3 is 5.69 Å². The van der Waals surface area contributed by atoms with E-state index in [0.29, 0.717) is 0 Å². The zero-order chi connectivity index (χ0) is 10.9. The Labute approximate surface area is 81.6 Å². The SMILES string of the molecule is Nc1cc(Cl)c([N+](=O)[O-])c(C(F)F)n1. The minimum absolute atomic E-state index is 0.282. The number of halogens is 3. The van der Waals surface area contributed by atoms with Crippen LogP contribution in [-0.4, -0.2) is 9.91 Å². The number of anilines is 1. The molecule has 1 heterocycles. The summed E-state index contributed by atoms with van der Waals surface area (Å²) in [6, 6.07) is 0.950. The van der Waals surface area contributed by atoms with Crippen molar-refractivity contribution in [3.05, 3.63) is 26.9 Å². The fourth-order valence-electron chi connectivity index (χ4n) is 0.878. The molecule has 76 valence electrons. The lowest BCUT2D eigenvalue weighted by Gasteiger charge is -2.03. The number of nitrogens with two attached hydrogens (primary N) is 1. The van der Waals surface area contributed by atoms with E-state index in [-0.39, 0.29) is 5.82 Å². The summed E-state index contributed by atoms with van der Waals surface area (Å²) in [4.78, 5) is 12.5. The van der Waals surface area contributed by atoms with Crippen molar-refractivity contribution in [2.75, 3.05) is 5.73 Å². The molecule has 1 aromatic rings. The van der Waals surface area contributed by atoms with Gasteiger partial charge in [-0.2, -0.15) is 0 Å². The first-order valence-electron chi connectivity index (χ1n) is 3.32. The van der Waals surface area contributed by atoms with Crippen LogP contribution in [0.1, 0.15) is 12.1 Å². The molecule has 0 aromatic carbocycles. The minimum atomic E-state index is -3.09. The topological polar surface area (TPSA) is 82.0 Å². The lowest BCUT2D eigenvalue weighted by molar-refractivity contribution is -0.386. The Bertz CT molecular complexity index is 386. The monoisotopic (exact) mass is 223 g/mol. The summed E-state index contributed by atoms with van der Waals surface area (Å²) < 4.78 is 24.5. The van der Waals surface area contributed by atoms with E-state index in [0.717, 1.165) is 6.07 Å². The highest BCUT2D eigenvalue weighted by Gasteiger charge is 2.27. The number of nitrogen functional groups attached to an aromatic ring is 1. The van der Waals surface area contributed by atoms with Crippen LogP contribution in [0.15, 0.2) is 6.07 Å². The standard InChI is InChI=1S/C6H4ClF2N3O2/c7-2-1-3(10)11-4(6(8)9)5(2)12(13)14/h1,6H,(H2,10,11). The van der Waals surface area contributed by atoms with E-state index >= 15 is 0 Å². The Morgan fingerprint density at radius 2 is 2.21 bits per heavy atom. The van der Waals surface area contributed by atoms with Gasteiger partial charge in [-0.1, -0.05) is 11.6 Å². The van der Waals surface area contributed by atoms with Crippen LogP contribution in [0.2, 0.25) is 5.02 Å². The zero-order valence-electron chi connectivity index (χ0n) is 6.58. The molecule has 8 heteroatoms. The van der Waals surface area contributed by atoms with Crippen LogP contribution in [0.4, 0.5) is 20.3 Å². The van der Waals surface area contributed by atoms with Crippen LogP contribution in [0.5, 0.6) is 0 Å². The average molecular weight is 224 g/mol. The highest BCUT2D eigenvalue weighted by molar-refractivity contribution is 6.33. The van der Waals surface area contributed by atoms with Crippen LogP contribution >= 0.6 is 11.6 Å². The number of nitrogens with zero attached hydrogens (tertiary/aromatic N) is 2. The minimum Gasteiger partial charge on any atom is -0.384 e. The van der Waals surface area contributed by atoms with E-state index in [1.165, 1.54) is 0 Å². The van der Waals surface area contributed by atoms with E-state index in [4.69, 9.17) is 17.3 Å². The van der Waals surface area contributed by atoms with Crippen molar-refractivity contribution in [3.63, 3.8) is 0 Å². The molecule has 0 aliphatic rings. The van der Waals surface area contributed by atoms with Crippen molar-refractivity contribution in [1.29, 1.82) is 0 Å². The molecule has 1 aromatic heterocycles. The summed E-state index contributed by atoms with van der Waals surface area (Å²) in [5.74, 6) is -0.282. The van der Waals surface area contributed by atoms with Crippen LogP contribution < -0.4 is 5.73 Å². The number of rotatable bonds is 2. The van der Waals surface area contributed by atoms with Gasteiger partial charge in [0.15, 0.2) is 5.69 Å². The first-order valence-corrected chi connectivity index (χ1v) is 3.69. The third-order valence-corrected chi connectivity index (χ3v) is 1.67. The molecule has 0 bridgehead atoms. The number of hydrogen-bond acceptors (Lipinski definition) is 4. The summed E-state index contributed by atoms with van der Waals surface area (Å²) in [5, 5.41) is 9.92. The quantitative estimate of drug-likeness (QED) is 0.615. The number of pyridine rings is 1. The molecule has 0 spiro atoms. The third kappa shape index (κ3) is 1.87. The summed E-state index contributed by atoms with van der Waals surface area (Å²) in [6.45, 7) is 0. The Balaban J connectivity index is 3.44. The predicted molar refractivity (Wildman–Crippen MR) is 45.3 cm³/mol. The molecule has 0 unspecified atom stereocenters. The number of aromatic nitrogens is 1. The Hall–Kier alpha value is -1.50. The van der Waals surface area contributed by atoms with E-state index in [2.05, 4.69) is 4.98 Å². The molecule has 14 heavy (non-hydrogen) atoms. The smallest absolute Gasteiger partial charge is 0.315 e. The van der Waals surface area contributed by atoms with Crippen LogP contribution in [0, 0.1) is 10.1 Å². The van der Waals surface area contributed by atoms with Gasteiger partial charge in [-0.25, -0.2) is 13.8 Å². The molecule has 0 aliphatic carbocycles. The molecule has 0 amide bonds. The molecule has 0 aliphatic heterocycles. The Morgan fingerprint density at radius 1 is 1.64 bits per heavy atom. The largest absolute Gasteiger partial charge is 0.384 e. The van der Waals surface area contributed by atoms with Gasteiger partial charge in [0.05, 0.1) is 4.92 Å². The van der Waals surface area contributed by atoms with Crippen molar-refractivity contribution in [3.8, 4) is 0 Å². The average Bonchev–Trinajstić information content (AvgIpc) is 2.01. The maximum Gasteiger partial charge on any atom is 0.315 e. The van der Waals surface area contributed by atoms with Crippen LogP contribution in [0.25, 0.3) is 0 Å². The molecule has 0 radical (unpaired) electrons. The van der Waals surface area contributed by atoms with Gasteiger partial charge in [0.2, 0.25) is 0 Å². The molecular weight excluding hydrogens is 220 g/mol. The van der Waals surface area contributed by atoms with E-state index in [1.807, 2.05) is 0 Å². The molecule has 1 rings (SSSR count). The second-order valence-corrected chi connectivity index (χ2v) is 2.73. The molecule has 0 atom stereocenters. The second kappa shape index (κ2) is 3.70. The summed E-state index contributed by atoms with van der Waals surface area (Å²) in [5.41, 5.74) is 3.19. The number of alkyl halides is 2. The first-order chi connectivity index (χ1) is 6.43.